The summed E-state index contributed by atoms with van der Waals surface area (Å²) in [6.45, 7) is 12.0. The molecule has 0 radical (unpaired) electrons. The lowest BCUT2D eigenvalue weighted by molar-refractivity contribution is 0.143. The van der Waals surface area contributed by atoms with Crippen molar-refractivity contribution < 1.29 is 9.47 Å². The van der Waals surface area contributed by atoms with Crippen molar-refractivity contribution in [3.05, 3.63) is 29.8 Å². The molecule has 1 unspecified atom stereocenters. The Morgan fingerprint density at radius 1 is 1.20 bits per heavy atom. The van der Waals surface area contributed by atoms with E-state index in [1.54, 1.807) is 0 Å². The van der Waals surface area contributed by atoms with Crippen molar-refractivity contribution in [2.45, 2.75) is 46.1 Å². The van der Waals surface area contributed by atoms with Crippen molar-refractivity contribution in [2.75, 3.05) is 26.3 Å². The van der Waals surface area contributed by atoms with Gasteiger partial charge in [-0.3, -0.25) is 0 Å². The van der Waals surface area contributed by atoms with Crippen molar-refractivity contribution in [3.8, 4) is 5.75 Å². The molecule has 0 amide bonds. The lowest BCUT2D eigenvalue weighted by atomic mass is 10.0. The Bertz CT molecular complexity index is 366. The monoisotopic (exact) mass is 279 g/mol. The lowest BCUT2D eigenvalue weighted by Crippen LogP contribution is -2.30. The van der Waals surface area contributed by atoms with Crippen LogP contribution in [-0.2, 0) is 4.74 Å². The first-order valence-corrected chi connectivity index (χ1v) is 7.68. The van der Waals surface area contributed by atoms with E-state index in [-0.39, 0.29) is 6.10 Å². The maximum Gasteiger partial charge on any atom is 0.120 e. The fourth-order valence-corrected chi connectivity index (χ4v) is 1.97. The summed E-state index contributed by atoms with van der Waals surface area (Å²) in [5.74, 6) is 1.49. The Morgan fingerprint density at radius 2 is 2.00 bits per heavy atom. The average Bonchev–Trinajstić information content (AvgIpc) is 2.43. The van der Waals surface area contributed by atoms with Gasteiger partial charge in [0.05, 0.1) is 0 Å². The second kappa shape index (κ2) is 9.78. The first-order chi connectivity index (χ1) is 9.63. The Kier molecular flexibility index (Phi) is 8.31. The second-order valence-electron chi connectivity index (χ2n) is 5.41. The molecule has 0 bridgehead atoms. The molecule has 0 saturated heterocycles. The van der Waals surface area contributed by atoms with Crippen LogP contribution in [0.5, 0.6) is 5.75 Å². The SMILES string of the molecule is CCOCCCNCC(C)Oc1cccc(C(C)C)c1. The largest absolute Gasteiger partial charge is 0.489 e. The van der Waals surface area contributed by atoms with Gasteiger partial charge in [0.2, 0.25) is 0 Å². The summed E-state index contributed by atoms with van der Waals surface area (Å²) in [4.78, 5) is 0. The molecule has 1 aromatic rings. The molecule has 0 heterocycles. The number of hydrogen-bond donors (Lipinski definition) is 1. The third kappa shape index (κ3) is 6.92. The number of hydrogen-bond acceptors (Lipinski definition) is 3. The Balaban J connectivity index is 2.24. The van der Waals surface area contributed by atoms with Gasteiger partial charge < -0.3 is 14.8 Å². The number of nitrogens with one attached hydrogen (secondary N) is 1. The zero-order chi connectivity index (χ0) is 14.8. The standard InChI is InChI=1S/C17H29NO2/c1-5-19-11-7-10-18-13-15(4)20-17-9-6-8-16(12-17)14(2)3/h6,8-9,12,14-15,18H,5,7,10-11,13H2,1-4H3. The van der Waals surface area contributed by atoms with E-state index < -0.39 is 0 Å². The van der Waals surface area contributed by atoms with Crippen LogP contribution in [0.25, 0.3) is 0 Å². The molecule has 1 atom stereocenters. The van der Waals surface area contributed by atoms with E-state index in [1.807, 2.05) is 13.0 Å². The fraction of sp³-hybridized carbons (Fsp3) is 0.647. The number of rotatable bonds is 10. The summed E-state index contributed by atoms with van der Waals surface area (Å²) in [5.41, 5.74) is 1.32. The highest BCUT2D eigenvalue weighted by Gasteiger charge is 2.05. The predicted octanol–water partition coefficient (Wildman–Crippen LogP) is 3.59. The summed E-state index contributed by atoms with van der Waals surface area (Å²) in [5, 5.41) is 3.40. The minimum Gasteiger partial charge on any atom is -0.489 e. The molecule has 1 aromatic carbocycles. The van der Waals surface area contributed by atoms with E-state index >= 15 is 0 Å². The van der Waals surface area contributed by atoms with Crippen LogP contribution in [-0.4, -0.2) is 32.4 Å². The molecule has 0 spiro atoms. The molecule has 0 aromatic heterocycles. The van der Waals surface area contributed by atoms with E-state index in [2.05, 4.69) is 44.3 Å². The number of benzene rings is 1. The molecule has 1 N–H and O–H groups in total. The molecule has 3 nitrogen and oxygen atoms in total. The normalized spacial score (nSPS) is 12.7. The van der Waals surface area contributed by atoms with Crippen LogP contribution in [0.1, 0.15) is 45.6 Å². The van der Waals surface area contributed by atoms with Crippen LogP contribution in [0.2, 0.25) is 0 Å². The van der Waals surface area contributed by atoms with E-state index in [0.29, 0.717) is 5.92 Å². The van der Waals surface area contributed by atoms with Gasteiger partial charge in [-0.25, -0.2) is 0 Å². The molecule has 0 aliphatic rings. The minimum atomic E-state index is 0.171. The summed E-state index contributed by atoms with van der Waals surface area (Å²) in [6, 6.07) is 8.37. The second-order valence-corrected chi connectivity index (χ2v) is 5.41. The highest BCUT2D eigenvalue weighted by molar-refractivity contribution is 5.30. The fourth-order valence-electron chi connectivity index (χ4n) is 1.97. The first-order valence-electron chi connectivity index (χ1n) is 7.68. The molecule has 20 heavy (non-hydrogen) atoms. The van der Waals surface area contributed by atoms with Gasteiger partial charge in [0.25, 0.3) is 0 Å². The molecule has 114 valence electrons. The first kappa shape index (κ1) is 17.0. The quantitative estimate of drug-likeness (QED) is 0.664. The van der Waals surface area contributed by atoms with Crippen molar-refractivity contribution in [1.82, 2.24) is 5.32 Å². The van der Waals surface area contributed by atoms with E-state index in [9.17, 15) is 0 Å². The van der Waals surface area contributed by atoms with Gasteiger partial charge in [0.15, 0.2) is 0 Å². The molecule has 1 rings (SSSR count). The highest BCUT2D eigenvalue weighted by atomic mass is 16.5. The molecular weight excluding hydrogens is 250 g/mol. The predicted molar refractivity (Wildman–Crippen MR) is 84.6 cm³/mol. The summed E-state index contributed by atoms with van der Waals surface area (Å²) < 4.78 is 11.2. The van der Waals surface area contributed by atoms with Gasteiger partial charge in [-0.05, 0) is 50.4 Å². The topological polar surface area (TPSA) is 30.5 Å². The lowest BCUT2D eigenvalue weighted by Gasteiger charge is -2.16. The third-order valence-corrected chi connectivity index (χ3v) is 3.14. The zero-order valence-electron chi connectivity index (χ0n) is 13.3. The van der Waals surface area contributed by atoms with Crippen LogP contribution in [0.15, 0.2) is 24.3 Å². The van der Waals surface area contributed by atoms with Crippen LogP contribution < -0.4 is 10.1 Å². The van der Waals surface area contributed by atoms with Gasteiger partial charge in [0, 0.05) is 19.8 Å². The molecule has 0 fully saturated rings. The van der Waals surface area contributed by atoms with Crippen molar-refractivity contribution in [2.24, 2.45) is 0 Å². The van der Waals surface area contributed by atoms with Crippen molar-refractivity contribution in [3.63, 3.8) is 0 Å². The van der Waals surface area contributed by atoms with E-state index in [0.717, 1.165) is 38.5 Å². The third-order valence-electron chi connectivity index (χ3n) is 3.14. The molecule has 0 saturated carbocycles. The molecule has 3 heteroatoms. The van der Waals surface area contributed by atoms with Gasteiger partial charge >= 0.3 is 0 Å². The van der Waals surface area contributed by atoms with Crippen LogP contribution in [0, 0.1) is 0 Å². The van der Waals surface area contributed by atoms with Crippen LogP contribution in [0.3, 0.4) is 0 Å². The molecule has 0 aliphatic heterocycles. The van der Waals surface area contributed by atoms with Crippen molar-refractivity contribution >= 4 is 0 Å². The maximum absolute atomic E-state index is 5.94. The smallest absolute Gasteiger partial charge is 0.120 e. The van der Waals surface area contributed by atoms with Crippen molar-refractivity contribution in [1.29, 1.82) is 0 Å². The minimum absolute atomic E-state index is 0.171. The Hall–Kier alpha value is -1.06. The summed E-state index contributed by atoms with van der Waals surface area (Å²) >= 11 is 0. The molecule has 0 aliphatic carbocycles. The van der Waals surface area contributed by atoms with E-state index in [1.165, 1.54) is 5.56 Å². The summed E-state index contributed by atoms with van der Waals surface area (Å²) in [7, 11) is 0. The van der Waals surface area contributed by atoms with E-state index in [4.69, 9.17) is 9.47 Å². The van der Waals surface area contributed by atoms with Crippen LogP contribution in [0.4, 0.5) is 0 Å². The van der Waals surface area contributed by atoms with Gasteiger partial charge in [0.1, 0.15) is 11.9 Å². The number of ether oxygens (including phenoxy) is 2. The van der Waals surface area contributed by atoms with Gasteiger partial charge in [-0.15, -0.1) is 0 Å². The Labute approximate surface area is 123 Å². The average molecular weight is 279 g/mol. The zero-order valence-corrected chi connectivity index (χ0v) is 13.3. The maximum atomic E-state index is 5.94. The highest BCUT2D eigenvalue weighted by Crippen LogP contribution is 2.20. The Morgan fingerprint density at radius 3 is 2.70 bits per heavy atom. The molecular formula is C17H29NO2. The summed E-state index contributed by atoms with van der Waals surface area (Å²) in [6.07, 6.45) is 1.22. The van der Waals surface area contributed by atoms with Gasteiger partial charge in [-0.1, -0.05) is 26.0 Å². The van der Waals surface area contributed by atoms with Gasteiger partial charge in [-0.2, -0.15) is 0 Å². The van der Waals surface area contributed by atoms with Crippen LogP contribution >= 0.6 is 0 Å².